The molecule has 0 bridgehead atoms. The highest BCUT2D eigenvalue weighted by molar-refractivity contribution is 5.52. The van der Waals surface area contributed by atoms with Gasteiger partial charge in [-0.25, -0.2) is 0 Å². The number of rotatable bonds is 14. The molecule has 0 aliphatic carbocycles. The molecule has 0 atom stereocenters. The molecule has 192 valence electrons. The van der Waals surface area contributed by atoms with E-state index >= 15 is 0 Å². The first-order valence-electron chi connectivity index (χ1n) is 13.0. The van der Waals surface area contributed by atoms with E-state index in [1.54, 1.807) is 0 Å². The first-order valence-corrected chi connectivity index (χ1v) is 13.0. The smallest absolute Gasteiger partial charge is 0.119 e. The summed E-state index contributed by atoms with van der Waals surface area (Å²) in [5, 5.41) is 18.2. The predicted octanol–water partition coefficient (Wildman–Crippen LogP) is 6.18. The zero-order chi connectivity index (χ0) is 25.8. The van der Waals surface area contributed by atoms with Gasteiger partial charge in [-0.2, -0.15) is 0 Å². The van der Waals surface area contributed by atoms with E-state index in [-0.39, 0.29) is 18.6 Å². The van der Waals surface area contributed by atoms with Crippen LogP contribution in [0.1, 0.15) is 41.5 Å². The molecular formula is C33H36O4. The molecule has 0 fully saturated rings. The molecule has 0 spiro atoms. The number of benzene rings is 4. The molecule has 0 saturated carbocycles. The van der Waals surface area contributed by atoms with Crippen LogP contribution in [0.2, 0.25) is 0 Å². The Morgan fingerprint density at radius 3 is 1.41 bits per heavy atom. The summed E-state index contributed by atoms with van der Waals surface area (Å²) in [5.41, 5.74) is 4.53. The lowest BCUT2D eigenvalue weighted by molar-refractivity contribution is 0.233. The van der Waals surface area contributed by atoms with E-state index in [2.05, 4.69) is 84.9 Å². The van der Waals surface area contributed by atoms with Crippen molar-refractivity contribution in [2.24, 2.45) is 0 Å². The van der Waals surface area contributed by atoms with E-state index < -0.39 is 0 Å². The zero-order valence-corrected chi connectivity index (χ0v) is 21.3. The van der Waals surface area contributed by atoms with E-state index in [4.69, 9.17) is 19.7 Å². The number of aryl methyl sites for hydroxylation is 1. The number of aliphatic hydroxyl groups excluding tert-OH is 2. The van der Waals surface area contributed by atoms with Crippen LogP contribution < -0.4 is 9.47 Å². The largest absolute Gasteiger partial charge is 0.494 e. The molecule has 0 aliphatic heterocycles. The van der Waals surface area contributed by atoms with Crippen LogP contribution in [-0.4, -0.2) is 36.6 Å². The molecule has 2 N–H and O–H groups in total. The standard InChI is InChI=1S/C33H36O4/c34-23-7-25-36-31-17-13-29(14-18-31)33(28-11-5-2-6-12-28,22-21-27-9-3-1-4-10-27)30-15-19-32(20-16-30)37-26-8-24-35/h1-6,9-20,34-35H,7-8,21-26H2. The third kappa shape index (κ3) is 6.79. The fraction of sp³-hybridized carbons (Fsp3) is 0.273. The Morgan fingerprint density at radius 1 is 0.514 bits per heavy atom. The average molecular weight is 497 g/mol. The molecule has 0 aliphatic rings. The van der Waals surface area contributed by atoms with Gasteiger partial charge in [0.25, 0.3) is 0 Å². The third-order valence-corrected chi connectivity index (χ3v) is 6.73. The van der Waals surface area contributed by atoms with Crippen LogP contribution in [0, 0.1) is 0 Å². The van der Waals surface area contributed by atoms with E-state index in [9.17, 15) is 0 Å². The minimum absolute atomic E-state index is 0.119. The Labute approximate surface area is 220 Å². The van der Waals surface area contributed by atoms with Crippen molar-refractivity contribution >= 4 is 0 Å². The predicted molar refractivity (Wildman–Crippen MR) is 148 cm³/mol. The van der Waals surface area contributed by atoms with Crippen molar-refractivity contribution in [3.8, 4) is 11.5 Å². The summed E-state index contributed by atoms with van der Waals surface area (Å²) in [6, 6.07) is 38.1. The van der Waals surface area contributed by atoms with E-state index in [0.717, 1.165) is 24.3 Å². The lowest BCUT2D eigenvalue weighted by atomic mass is 9.66. The molecule has 0 unspecified atom stereocenters. The van der Waals surface area contributed by atoms with Gasteiger partial charge in [0, 0.05) is 31.5 Å². The quantitative estimate of drug-likeness (QED) is 0.162. The van der Waals surface area contributed by atoms with Gasteiger partial charge in [0.1, 0.15) is 11.5 Å². The Balaban J connectivity index is 1.76. The van der Waals surface area contributed by atoms with Crippen LogP contribution >= 0.6 is 0 Å². The van der Waals surface area contributed by atoms with Crippen LogP contribution in [0.5, 0.6) is 11.5 Å². The second-order valence-electron chi connectivity index (χ2n) is 9.16. The normalized spacial score (nSPS) is 11.3. The van der Waals surface area contributed by atoms with Crippen molar-refractivity contribution in [1.82, 2.24) is 0 Å². The summed E-state index contributed by atoms with van der Waals surface area (Å²) < 4.78 is 11.6. The third-order valence-electron chi connectivity index (χ3n) is 6.73. The van der Waals surface area contributed by atoms with Crippen molar-refractivity contribution < 1.29 is 19.7 Å². The van der Waals surface area contributed by atoms with Gasteiger partial charge in [0.2, 0.25) is 0 Å². The van der Waals surface area contributed by atoms with Crippen molar-refractivity contribution in [3.63, 3.8) is 0 Å². The summed E-state index contributed by atoms with van der Waals surface area (Å²) in [6.45, 7) is 1.22. The van der Waals surface area contributed by atoms with Crippen LogP contribution in [0.3, 0.4) is 0 Å². The molecule has 4 aromatic carbocycles. The van der Waals surface area contributed by atoms with Gasteiger partial charge >= 0.3 is 0 Å². The number of aliphatic hydroxyl groups is 2. The van der Waals surface area contributed by atoms with E-state index in [1.807, 2.05) is 24.3 Å². The SMILES string of the molecule is OCCCOc1ccc(C(CCc2ccccc2)(c2ccccc2)c2ccc(OCCCO)cc2)cc1. The molecule has 4 aromatic rings. The van der Waals surface area contributed by atoms with Crippen molar-refractivity contribution in [2.45, 2.75) is 31.1 Å². The van der Waals surface area contributed by atoms with E-state index in [1.165, 1.54) is 22.3 Å². The Hall–Kier alpha value is -3.60. The maximum Gasteiger partial charge on any atom is 0.119 e. The summed E-state index contributed by atoms with van der Waals surface area (Å²) in [7, 11) is 0. The molecule has 37 heavy (non-hydrogen) atoms. The first-order chi connectivity index (χ1) is 18.3. The highest BCUT2D eigenvalue weighted by atomic mass is 16.5. The fourth-order valence-corrected chi connectivity index (χ4v) is 4.81. The number of hydrogen-bond acceptors (Lipinski definition) is 4. The lowest BCUT2D eigenvalue weighted by Gasteiger charge is -2.36. The summed E-state index contributed by atoms with van der Waals surface area (Å²) >= 11 is 0. The Morgan fingerprint density at radius 2 is 0.946 bits per heavy atom. The van der Waals surface area contributed by atoms with Gasteiger partial charge in [-0.3, -0.25) is 0 Å². The van der Waals surface area contributed by atoms with Crippen LogP contribution in [-0.2, 0) is 11.8 Å². The van der Waals surface area contributed by atoms with Crippen molar-refractivity contribution in [3.05, 3.63) is 131 Å². The van der Waals surface area contributed by atoms with Gasteiger partial charge in [-0.15, -0.1) is 0 Å². The van der Waals surface area contributed by atoms with E-state index in [0.29, 0.717) is 26.1 Å². The van der Waals surface area contributed by atoms with Crippen LogP contribution in [0.25, 0.3) is 0 Å². The van der Waals surface area contributed by atoms with Crippen molar-refractivity contribution in [2.75, 3.05) is 26.4 Å². The number of hydrogen-bond donors (Lipinski definition) is 2. The molecule has 4 rings (SSSR count). The molecule has 0 heterocycles. The summed E-state index contributed by atoms with van der Waals surface area (Å²) in [5.74, 6) is 1.60. The van der Waals surface area contributed by atoms with Crippen LogP contribution in [0.15, 0.2) is 109 Å². The summed E-state index contributed by atoms with van der Waals surface area (Å²) in [4.78, 5) is 0. The monoisotopic (exact) mass is 496 g/mol. The molecule has 4 nitrogen and oxygen atoms in total. The fourth-order valence-electron chi connectivity index (χ4n) is 4.81. The topological polar surface area (TPSA) is 58.9 Å². The maximum atomic E-state index is 9.08. The van der Waals surface area contributed by atoms with Crippen LogP contribution in [0.4, 0.5) is 0 Å². The molecule has 0 amide bonds. The first kappa shape index (κ1) is 26.5. The Bertz CT molecular complexity index is 1120. The molecular weight excluding hydrogens is 460 g/mol. The highest BCUT2D eigenvalue weighted by Gasteiger charge is 2.36. The minimum atomic E-state index is -0.385. The Kier molecular flexibility index (Phi) is 9.75. The minimum Gasteiger partial charge on any atom is -0.494 e. The van der Waals surface area contributed by atoms with Gasteiger partial charge < -0.3 is 19.7 Å². The molecule has 0 radical (unpaired) electrons. The molecule has 0 saturated heterocycles. The van der Waals surface area contributed by atoms with Gasteiger partial charge in [0.05, 0.1) is 13.2 Å². The second-order valence-corrected chi connectivity index (χ2v) is 9.16. The lowest BCUT2D eigenvalue weighted by Crippen LogP contribution is -2.30. The van der Waals surface area contributed by atoms with Gasteiger partial charge in [-0.05, 0) is 59.4 Å². The maximum absolute atomic E-state index is 9.08. The second kappa shape index (κ2) is 13.6. The van der Waals surface area contributed by atoms with Crippen molar-refractivity contribution in [1.29, 1.82) is 0 Å². The van der Waals surface area contributed by atoms with Gasteiger partial charge in [0.15, 0.2) is 0 Å². The van der Waals surface area contributed by atoms with Gasteiger partial charge in [-0.1, -0.05) is 84.9 Å². The average Bonchev–Trinajstić information content (AvgIpc) is 2.96. The summed E-state index contributed by atoms with van der Waals surface area (Å²) in [6.07, 6.45) is 3.02. The number of ether oxygens (including phenoxy) is 2. The zero-order valence-electron chi connectivity index (χ0n) is 21.3. The highest BCUT2D eigenvalue weighted by Crippen LogP contribution is 2.44. The molecule has 0 aromatic heterocycles. The molecule has 4 heteroatoms.